The highest BCUT2D eigenvalue weighted by Crippen LogP contribution is 2.19. The van der Waals surface area contributed by atoms with Gasteiger partial charge < -0.3 is 15.1 Å². The van der Waals surface area contributed by atoms with Gasteiger partial charge in [0.05, 0.1) is 12.5 Å². The van der Waals surface area contributed by atoms with E-state index >= 15 is 0 Å². The Kier molecular flexibility index (Phi) is 3.57. The summed E-state index contributed by atoms with van der Waals surface area (Å²) >= 11 is 0. The zero-order valence-electron chi connectivity index (χ0n) is 9.69. The summed E-state index contributed by atoms with van der Waals surface area (Å²) in [6, 6.07) is 4.29. The number of carboxylic acid groups (broad SMARTS) is 1. The Balaban J connectivity index is 2.06. The second kappa shape index (κ2) is 5.14. The average molecular weight is 250 g/mol. The molecule has 2 rings (SSSR count). The lowest BCUT2D eigenvalue weighted by molar-refractivity contribution is -0.148. The highest BCUT2D eigenvalue weighted by atomic mass is 16.4. The van der Waals surface area contributed by atoms with Gasteiger partial charge in [-0.15, -0.1) is 0 Å². The summed E-state index contributed by atoms with van der Waals surface area (Å²) in [5.74, 6) is -1.40. The van der Waals surface area contributed by atoms with E-state index in [1.807, 2.05) is 0 Å². The molecule has 0 radical (unpaired) electrons. The van der Waals surface area contributed by atoms with Crippen LogP contribution in [0.15, 0.2) is 24.4 Å². The Bertz CT molecular complexity index is 449. The van der Waals surface area contributed by atoms with Gasteiger partial charge >= 0.3 is 5.97 Å². The molecule has 2 heterocycles. The van der Waals surface area contributed by atoms with Gasteiger partial charge in [-0.25, -0.2) is 4.79 Å². The largest absolute Gasteiger partial charge is 0.480 e. The van der Waals surface area contributed by atoms with Gasteiger partial charge in [0.25, 0.3) is 0 Å². The van der Waals surface area contributed by atoms with Crippen molar-refractivity contribution in [3.8, 4) is 0 Å². The highest BCUT2D eigenvalue weighted by Gasteiger charge is 2.38. The fourth-order valence-electron chi connectivity index (χ4n) is 2.08. The van der Waals surface area contributed by atoms with Gasteiger partial charge in [0.15, 0.2) is 0 Å². The molecule has 0 aliphatic carbocycles. The van der Waals surface area contributed by atoms with Crippen LogP contribution in [0.4, 0.5) is 0 Å². The van der Waals surface area contributed by atoms with Crippen LogP contribution in [0.3, 0.4) is 0 Å². The van der Waals surface area contributed by atoms with E-state index in [1.54, 1.807) is 24.4 Å². The van der Waals surface area contributed by atoms with Gasteiger partial charge in [-0.1, -0.05) is 6.07 Å². The Labute approximate surface area is 104 Å². The molecule has 96 valence electrons. The number of pyridine rings is 1. The van der Waals surface area contributed by atoms with E-state index in [1.165, 1.54) is 4.90 Å². The molecule has 6 nitrogen and oxygen atoms in total. The van der Waals surface area contributed by atoms with Crippen LogP contribution in [0.25, 0.3) is 0 Å². The molecular weight excluding hydrogens is 236 g/mol. The first-order valence-corrected chi connectivity index (χ1v) is 5.68. The van der Waals surface area contributed by atoms with Crippen molar-refractivity contribution >= 4 is 11.9 Å². The molecule has 1 aliphatic heterocycles. The molecule has 2 unspecified atom stereocenters. The smallest absolute Gasteiger partial charge is 0.326 e. The number of aromatic nitrogens is 1. The van der Waals surface area contributed by atoms with Gasteiger partial charge in [-0.05, 0) is 12.1 Å². The standard InChI is InChI=1S/C12H14N2O4/c15-9-6-10(12(17)18)14(7-9)11(16)5-8-3-1-2-4-13-8/h1-4,9-10,15H,5-7H2,(H,17,18). The molecule has 0 saturated carbocycles. The first-order chi connectivity index (χ1) is 8.58. The Hall–Kier alpha value is -1.95. The van der Waals surface area contributed by atoms with Crippen LogP contribution in [-0.4, -0.2) is 50.7 Å². The van der Waals surface area contributed by atoms with Crippen LogP contribution in [-0.2, 0) is 16.0 Å². The van der Waals surface area contributed by atoms with E-state index < -0.39 is 18.1 Å². The van der Waals surface area contributed by atoms with Gasteiger partial charge in [-0.2, -0.15) is 0 Å². The molecule has 0 spiro atoms. The minimum absolute atomic E-state index is 0.0529. The third-order valence-corrected chi connectivity index (χ3v) is 2.94. The topological polar surface area (TPSA) is 90.7 Å². The van der Waals surface area contributed by atoms with E-state index in [0.29, 0.717) is 5.69 Å². The number of amides is 1. The van der Waals surface area contributed by atoms with Crippen LogP contribution in [0.1, 0.15) is 12.1 Å². The van der Waals surface area contributed by atoms with E-state index in [9.17, 15) is 14.7 Å². The fraction of sp³-hybridized carbons (Fsp3) is 0.417. The predicted molar refractivity (Wildman–Crippen MR) is 61.7 cm³/mol. The number of hydrogen-bond acceptors (Lipinski definition) is 4. The number of carbonyl (C=O) groups excluding carboxylic acids is 1. The predicted octanol–water partition coefficient (Wildman–Crippen LogP) is -0.330. The highest BCUT2D eigenvalue weighted by molar-refractivity contribution is 5.85. The number of carbonyl (C=O) groups is 2. The maximum atomic E-state index is 12.0. The fourth-order valence-corrected chi connectivity index (χ4v) is 2.08. The molecular formula is C12H14N2O4. The molecule has 6 heteroatoms. The van der Waals surface area contributed by atoms with Crippen molar-refractivity contribution in [2.24, 2.45) is 0 Å². The molecule has 1 fully saturated rings. The molecule has 1 saturated heterocycles. The second-order valence-electron chi connectivity index (χ2n) is 4.29. The van der Waals surface area contributed by atoms with E-state index in [-0.39, 0.29) is 25.3 Å². The Morgan fingerprint density at radius 3 is 2.83 bits per heavy atom. The maximum absolute atomic E-state index is 12.0. The number of carboxylic acids is 1. The van der Waals surface area contributed by atoms with Crippen LogP contribution in [0.2, 0.25) is 0 Å². The van der Waals surface area contributed by atoms with E-state index in [0.717, 1.165) is 0 Å². The van der Waals surface area contributed by atoms with Gasteiger partial charge in [0.2, 0.25) is 5.91 Å². The zero-order chi connectivity index (χ0) is 13.1. The number of aliphatic hydroxyl groups is 1. The summed E-state index contributed by atoms with van der Waals surface area (Å²) in [6.07, 6.45) is 0.954. The number of likely N-dealkylation sites (tertiary alicyclic amines) is 1. The van der Waals surface area contributed by atoms with Gasteiger partial charge in [-0.3, -0.25) is 9.78 Å². The summed E-state index contributed by atoms with van der Waals surface area (Å²) in [5, 5.41) is 18.5. The number of rotatable bonds is 3. The Morgan fingerprint density at radius 1 is 1.44 bits per heavy atom. The molecule has 18 heavy (non-hydrogen) atoms. The molecule has 2 N–H and O–H groups in total. The lowest BCUT2D eigenvalue weighted by atomic mass is 10.2. The lowest BCUT2D eigenvalue weighted by Gasteiger charge is -2.20. The normalized spacial score (nSPS) is 23.1. The first kappa shape index (κ1) is 12.5. The number of aliphatic carboxylic acids is 1. The van der Waals surface area contributed by atoms with Crippen molar-refractivity contribution in [2.75, 3.05) is 6.54 Å². The van der Waals surface area contributed by atoms with Crippen LogP contribution < -0.4 is 0 Å². The maximum Gasteiger partial charge on any atom is 0.326 e. The van der Waals surface area contributed by atoms with E-state index in [2.05, 4.69) is 4.98 Å². The third-order valence-electron chi connectivity index (χ3n) is 2.94. The van der Waals surface area contributed by atoms with Crippen molar-refractivity contribution in [3.05, 3.63) is 30.1 Å². The quantitative estimate of drug-likeness (QED) is 0.766. The van der Waals surface area contributed by atoms with Crippen molar-refractivity contribution in [1.82, 2.24) is 9.88 Å². The van der Waals surface area contributed by atoms with Gasteiger partial charge in [0, 0.05) is 24.9 Å². The van der Waals surface area contributed by atoms with Crippen LogP contribution in [0, 0.1) is 0 Å². The van der Waals surface area contributed by atoms with Crippen molar-refractivity contribution < 1.29 is 19.8 Å². The van der Waals surface area contributed by atoms with Crippen molar-refractivity contribution in [1.29, 1.82) is 0 Å². The first-order valence-electron chi connectivity index (χ1n) is 5.68. The summed E-state index contributed by atoms with van der Waals surface area (Å²) < 4.78 is 0. The summed E-state index contributed by atoms with van der Waals surface area (Å²) in [5.41, 5.74) is 0.591. The number of aliphatic hydroxyl groups excluding tert-OH is 1. The summed E-state index contributed by atoms with van der Waals surface area (Å²) in [4.78, 5) is 28.2. The minimum Gasteiger partial charge on any atom is -0.480 e. The summed E-state index contributed by atoms with van der Waals surface area (Å²) in [7, 11) is 0. The molecule has 1 aromatic rings. The van der Waals surface area contributed by atoms with Crippen molar-refractivity contribution in [2.45, 2.75) is 25.0 Å². The molecule has 0 bridgehead atoms. The summed E-state index contributed by atoms with van der Waals surface area (Å²) in [6.45, 7) is 0.0721. The van der Waals surface area contributed by atoms with Crippen LogP contribution in [0.5, 0.6) is 0 Å². The third kappa shape index (κ3) is 2.65. The lowest BCUT2D eigenvalue weighted by Crippen LogP contribution is -2.41. The number of β-amino-alcohol motifs (C(OH)–C–C–N with tert-alkyl or cyclic N) is 1. The van der Waals surface area contributed by atoms with E-state index in [4.69, 9.17) is 5.11 Å². The Morgan fingerprint density at radius 2 is 2.22 bits per heavy atom. The van der Waals surface area contributed by atoms with Gasteiger partial charge in [0.1, 0.15) is 6.04 Å². The number of hydrogen-bond donors (Lipinski definition) is 2. The van der Waals surface area contributed by atoms with Crippen LogP contribution >= 0.6 is 0 Å². The minimum atomic E-state index is -1.08. The second-order valence-corrected chi connectivity index (χ2v) is 4.29. The zero-order valence-corrected chi connectivity index (χ0v) is 9.69. The molecule has 2 atom stereocenters. The van der Waals surface area contributed by atoms with Crippen molar-refractivity contribution in [3.63, 3.8) is 0 Å². The molecule has 1 aliphatic rings. The molecule has 1 amide bonds. The molecule has 0 aromatic carbocycles. The monoisotopic (exact) mass is 250 g/mol. The number of nitrogens with zero attached hydrogens (tertiary/aromatic N) is 2. The SMILES string of the molecule is O=C(O)C1CC(O)CN1C(=O)Cc1ccccn1. The molecule has 1 aromatic heterocycles. The average Bonchev–Trinajstić information content (AvgIpc) is 2.73.